The lowest BCUT2D eigenvalue weighted by atomic mass is 9.98. The number of pyridine rings is 1. The van der Waals surface area contributed by atoms with Crippen LogP contribution >= 0.6 is 0 Å². The smallest absolute Gasteiger partial charge is 0.222 e. The number of aryl methyl sites for hydroxylation is 1. The zero-order valence-electron chi connectivity index (χ0n) is 15.6. The monoisotopic (exact) mass is 345 g/mol. The molecule has 1 atom stereocenters. The van der Waals surface area contributed by atoms with E-state index >= 15 is 0 Å². The van der Waals surface area contributed by atoms with E-state index in [-0.39, 0.29) is 11.4 Å². The summed E-state index contributed by atoms with van der Waals surface area (Å²) in [5.74, 6) is 0.851. The van der Waals surface area contributed by atoms with Crippen molar-refractivity contribution in [1.82, 2.24) is 15.2 Å². The van der Waals surface area contributed by atoms with Gasteiger partial charge in [0.1, 0.15) is 6.61 Å². The van der Waals surface area contributed by atoms with Crippen LogP contribution in [0.3, 0.4) is 0 Å². The molecule has 0 radical (unpaired) electrons. The summed E-state index contributed by atoms with van der Waals surface area (Å²) >= 11 is 0. The second kappa shape index (κ2) is 8.17. The van der Waals surface area contributed by atoms with Gasteiger partial charge in [0.15, 0.2) is 0 Å². The van der Waals surface area contributed by atoms with E-state index in [0.717, 1.165) is 50.8 Å². The third-order valence-corrected chi connectivity index (χ3v) is 5.74. The third kappa shape index (κ3) is 4.51. The van der Waals surface area contributed by atoms with Crippen LogP contribution in [0.1, 0.15) is 57.4 Å². The van der Waals surface area contributed by atoms with Crippen LogP contribution in [0, 0.1) is 6.92 Å². The average molecular weight is 345 g/mol. The highest BCUT2D eigenvalue weighted by atomic mass is 16.5. The maximum Gasteiger partial charge on any atom is 0.222 e. The number of amides is 1. The van der Waals surface area contributed by atoms with Gasteiger partial charge in [0.25, 0.3) is 0 Å². The molecule has 1 saturated carbocycles. The molecule has 0 aromatic carbocycles. The Bertz CT molecular complexity index is 584. The summed E-state index contributed by atoms with van der Waals surface area (Å²) in [5.41, 5.74) is 0.808. The molecule has 1 unspecified atom stereocenters. The third-order valence-electron chi connectivity index (χ3n) is 5.74. The van der Waals surface area contributed by atoms with Crippen molar-refractivity contribution in [3.8, 4) is 5.88 Å². The fourth-order valence-electron chi connectivity index (χ4n) is 4.29. The van der Waals surface area contributed by atoms with E-state index in [4.69, 9.17) is 4.74 Å². The quantitative estimate of drug-likeness (QED) is 0.825. The Morgan fingerprint density at radius 1 is 1.40 bits per heavy atom. The van der Waals surface area contributed by atoms with Gasteiger partial charge in [0, 0.05) is 24.2 Å². The van der Waals surface area contributed by atoms with Gasteiger partial charge < -0.3 is 15.0 Å². The zero-order chi connectivity index (χ0) is 17.7. The van der Waals surface area contributed by atoms with Crippen molar-refractivity contribution in [3.63, 3.8) is 0 Å². The molecule has 2 heterocycles. The average Bonchev–Trinajstić information content (AvgIpc) is 3.24. The number of carbonyl (C=O) groups is 1. The summed E-state index contributed by atoms with van der Waals surface area (Å²) in [6, 6.07) is 4.32. The van der Waals surface area contributed by atoms with Crippen LogP contribution in [-0.4, -0.2) is 47.1 Å². The molecule has 0 spiro atoms. The summed E-state index contributed by atoms with van der Waals surface area (Å²) in [6.07, 6.45) is 8.99. The van der Waals surface area contributed by atoms with Crippen molar-refractivity contribution < 1.29 is 9.53 Å². The number of rotatable bonds is 7. The molecule has 1 saturated heterocycles. The Balaban J connectivity index is 1.58. The van der Waals surface area contributed by atoms with Crippen molar-refractivity contribution in [2.45, 2.75) is 70.4 Å². The molecule has 1 aliphatic carbocycles. The molecule has 2 aliphatic rings. The van der Waals surface area contributed by atoms with E-state index in [1.54, 1.807) is 6.20 Å². The van der Waals surface area contributed by atoms with E-state index in [2.05, 4.69) is 22.1 Å². The van der Waals surface area contributed by atoms with Crippen molar-refractivity contribution in [2.75, 3.05) is 19.7 Å². The molecule has 138 valence electrons. The van der Waals surface area contributed by atoms with Crippen LogP contribution in [0.15, 0.2) is 18.3 Å². The summed E-state index contributed by atoms with van der Waals surface area (Å²) in [6.45, 7) is 6.85. The fourth-order valence-corrected chi connectivity index (χ4v) is 4.29. The number of hydrogen-bond donors (Lipinski definition) is 1. The van der Waals surface area contributed by atoms with Crippen LogP contribution in [-0.2, 0) is 4.79 Å². The number of nitrogens with one attached hydrogen (secondary N) is 1. The summed E-state index contributed by atoms with van der Waals surface area (Å²) in [7, 11) is 0. The number of likely N-dealkylation sites (tertiary alicyclic amines) is 1. The maximum atomic E-state index is 12.7. The highest BCUT2D eigenvalue weighted by Gasteiger charge is 2.37. The molecule has 1 aromatic heterocycles. The van der Waals surface area contributed by atoms with Crippen molar-refractivity contribution in [1.29, 1.82) is 0 Å². The molecule has 25 heavy (non-hydrogen) atoms. The minimum atomic E-state index is -0.226. The van der Waals surface area contributed by atoms with Crippen molar-refractivity contribution in [3.05, 3.63) is 23.9 Å². The zero-order valence-corrected chi connectivity index (χ0v) is 15.6. The molecule has 1 amide bonds. The summed E-state index contributed by atoms with van der Waals surface area (Å²) in [4.78, 5) is 19.4. The van der Waals surface area contributed by atoms with Crippen molar-refractivity contribution >= 4 is 5.91 Å². The number of hydrogen-bond acceptors (Lipinski definition) is 4. The molecular formula is C20H31N3O2. The summed E-state index contributed by atoms with van der Waals surface area (Å²) in [5, 5.41) is 3.34. The van der Waals surface area contributed by atoms with Crippen LogP contribution < -0.4 is 10.1 Å². The van der Waals surface area contributed by atoms with Crippen molar-refractivity contribution in [2.24, 2.45) is 0 Å². The Morgan fingerprint density at radius 3 is 2.92 bits per heavy atom. The largest absolute Gasteiger partial charge is 0.475 e. The molecule has 2 fully saturated rings. The first-order valence-electron chi connectivity index (χ1n) is 9.71. The molecular weight excluding hydrogens is 314 g/mol. The second-order valence-electron chi connectivity index (χ2n) is 7.58. The van der Waals surface area contributed by atoms with Gasteiger partial charge in [-0.2, -0.15) is 0 Å². The molecule has 5 nitrogen and oxygen atoms in total. The molecule has 1 aliphatic heterocycles. The predicted octanol–water partition coefficient (Wildman–Crippen LogP) is 3.07. The first-order chi connectivity index (χ1) is 12.1. The lowest BCUT2D eigenvalue weighted by molar-refractivity contribution is -0.124. The first-order valence-corrected chi connectivity index (χ1v) is 9.71. The van der Waals surface area contributed by atoms with E-state index in [1.807, 2.05) is 19.1 Å². The summed E-state index contributed by atoms with van der Waals surface area (Å²) < 4.78 is 6.00. The Morgan fingerprint density at radius 2 is 2.20 bits per heavy atom. The number of nitrogens with zero attached hydrogens (tertiary/aromatic N) is 2. The normalized spacial score (nSPS) is 22.9. The first kappa shape index (κ1) is 18.2. The Labute approximate surface area is 151 Å². The second-order valence-corrected chi connectivity index (χ2v) is 7.58. The topological polar surface area (TPSA) is 54.5 Å². The van der Waals surface area contributed by atoms with E-state index in [1.165, 1.54) is 6.42 Å². The van der Waals surface area contributed by atoms with Crippen LogP contribution in [0.25, 0.3) is 0 Å². The van der Waals surface area contributed by atoms with E-state index in [9.17, 15) is 4.79 Å². The minimum absolute atomic E-state index is 0.175. The number of aromatic nitrogens is 1. The van der Waals surface area contributed by atoms with Crippen LogP contribution in [0.2, 0.25) is 0 Å². The minimum Gasteiger partial charge on any atom is -0.475 e. The lowest BCUT2D eigenvalue weighted by Crippen LogP contribution is -2.51. The van der Waals surface area contributed by atoms with Gasteiger partial charge in [0.05, 0.1) is 5.54 Å². The highest BCUT2D eigenvalue weighted by molar-refractivity contribution is 5.77. The van der Waals surface area contributed by atoms with E-state index in [0.29, 0.717) is 24.9 Å². The standard InChI is InChI=1S/C20H31N3O2/c1-3-23-13-7-9-17(23)14-18(24)22-20(10-4-5-11-20)15-25-19-16(2)8-6-12-21-19/h6,8,12,17H,3-5,7,9-11,13-15H2,1-2H3,(H,22,24). The number of carbonyl (C=O) groups excluding carboxylic acids is 1. The fraction of sp³-hybridized carbons (Fsp3) is 0.700. The maximum absolute atomic E-state index is 12.7. The van der Waals surface area contributed by atoms with Gasteiger partial charge in [-0.1, -0.05) is 25.8 Å². The number of ether oxygens (including phenoxy) is 1. The lowest BCUT2D eigenvalue weighted by Gasteiger charge is -2.31. The van der Waals surface area contributed by atoms with Crippen LogP contribution in [0.5, 0.6) is 5.88 Å². The van der Waals surface area contributed by atoms with Gasteiger partial charge in [-0.25, -0.2) is 4.98 Å². The van der Waals surface area contributed by atoms with Gasteiger partial charge in [-0.15, -0.1) is 0 Å². The van der Waals surface area contributed by atoms with Gasteiger partial charge >= 0.3 is 0 Å². The van der Waals surface area contributed by atoms with Gasteiger partial charge in [-0.3, -0.25) is 4.79 Å². The predicted molar refractivity (Wildman–Crippen MR) is 98.7 cm³/mol. The van der Waals surface area contributed by atoms with E-state index < -0.39 is 0 Å². The Hall–Kier alpha value is -1.62. The van der Waals surface area contributed by atoms with Gasteiger partial charge in [-0.05, 0) is 51.8 Å². The molecule has 5 heteroatoms. The molecule has 1 N–H and O–H groups in total. The molecule has 1 aromatic rings. The van der Waals surface area contributed by atoms with Gasteiger partial charge in [0.2, 0.25) is 11.8 Å². The molecule has 3 rings (SSSR count). The molecule has 0 bridgehead atoms. The highest BCUT2D eigenvalue weighted by Crippen LogP contribution is 2.31. The SMILES string of the molecule is CCN1CCCC1CC(=O)NC1(COc2ncccc2C)CCCC1. The van der Waals surface area contributed by atoms with Crippen LogP contribution in [0.4, 0.5) is 0 Å². The Kier molecular flexibility index (Phi) is 5.94.